The van der Waals surface area contributed by atoms with Gasteiger partial charge in [-0.05, 0) is 59.9 Å². The van der Waals surface area contributed by atoms with Gasteiger partial charge >= 0.3 is 0 Å². The SMILES string of the molecule is COc1ccc(C(=CC#N)c2cc(C)c(C)c(OC)c2)cc1C(=O)NO. The van der Waals surface area contributed by atoms with E-state index in [1.54, 1.807) is 30.8 Å². The van der Waals surface area contributed by atoms with Crippen LogP contribution < -0.4 is 15.0 Å². The fraction of sp³-hybridized carbons (Fsp3) is 0.200. The summed E-state index contributed by atoms with van der Waals surface area (Å²) in [6.45, 7) is 3.92. The van der Waals surface area contributed by atoms with E-state index >= 15 is 0 Å². The molecule has 2 aromatic rings. The minimum absolute atomic E-state index is 0.159. The molecule has 0 aromatic heterocycles. The molecule has 0 aliphatic carbocycles. The molecule has 0 bridgehead atoms. The van der Waals surface area contributed by atoms with Gasteiger partial charge < -0.3 is 9.47 Å². The van der Waals surface area contributed by atoms with Gasteiger partial charge in [0.2, 0.25) is 0 Å². The molecule has 0 saturated heterocycles. The molecule has 0 spiro atoms. The summed E-state index contributed by atoms with van der Waals surface area (Å²) in [7, 11) is 3.03. The normalized spacial score (nSPS) is 10.8. The van der Waals surface area contributed by atoms with Crippen LogP contribution in [-0.2, 0) is 0 Å². The van der Waals surface area contributed by atoms with Gasteiger partial charge in [0, 0.05) is 6.08 Å². The molecule has 1 amide bonds. The lowest BCUT2D eigenvalue weighted by Gasteiger charge is -2.15. The third-order valence-electron chi connectivity index (χ3n) is 4.22. The first-order chi connectivity index (χ1) is 12.5. The highest BCUT2D eigenvalue weighted by atomic mass is 16.5. The van der Waals surface area contributed by atoms with Gasteiger partial charge in [-0.3, -0.25) is 10.0 Å². The number of hydroxylamine groups is 1. The van der Waals surface area contributed by atoms with Crippen molar-refractivity contribution >= 4 is 11.5 Å². The second kappa shape index (κ2) is 8.19. The number of carbonyl (C=O) groups excluding carboxylic acids is 1. The molecule has 6 nitrogen and oxygen atoms in total. The Morgan fingerprint density at radius 1 is 1.12 bits per heavy atom. The molecule has 0 saturated carbocycles. The van der Waals surface area contributed by atoms with Crippen molar-refractivity contribution in [1.82, 2.24) is 5.48 Å². The van der Waals surface area contributed by atoms with E-state index in [1.165, 1.54) is 13.2 Å². The Morgan fingerprint density at radius 3 is 2.38 bits per heavy atom. The summed E-state index contributed by atoms with van der Waals surface area (Å²) in [5.41, 5.74) is 5.85. The number of aryl methyl sites for hydroxylation is 1. The van der Waals surface area contributed by atoms with Crippen LogP contribution in [0, 0.1) is 25.2 Å². The molecule has 134 valence electrons. The molecule has 0 heterocycles. The fourth-order valence-corrected chi connectivity index (χ4v) is 2.71. The lowest BCUT2D eigenvalue weighted by Crippen LogP contribution is -2.19. The Kier molecular flexibility index (Phi) is 5.99. The molecule has 6 heteroatoms. The number of ether oxygens (including phenoxy) is 2. The summed E-state index contributed by atoms with van der Waals surface area (Å²) >= 11 is 0. The van der Waals surface area contributed by atoms with E-state index in [-0.39, 0.29) is 5.56 Å². The highest BCUT2D eigenvalue weighted by Gasteiger charge is 2.16. The average Bonchev–Trinajstić information content (AvgIpc) is 2.67. The van der Waals surface area contributed by atoms with E-state index in [2.05, 4.69) is 0 Å². The molecule has 0 radical (unpaired) electrons. The van der Waals surface area contributed by atoms with E-state index in [9.17, 15) is 10.1 Å². The van der Waals surface area contributed by atoms with Gasteiger partial charge in [-0.25, -0.2) is 5.48 Å². The maximum Gasteiger partial charge on any atom is 0.278 e. The van der Waals surface area contributed by atoms with E-state index < -0.39 is 5.91 Å². The van der Waals surface area contributed by atoms with E-state index in [0.717, 1.165) is 16.7 Å². The number of nitrogens with zero attached hydrogens (tertiary/aromatic N) is 1. The fourth-order valence-electron chi connectivity index (χ4n) is 2.71. The summed E-state index contributed by atoms with van der Waals surface area (Å²) in [5.74, 6) is 0.331. The van der Waals surface area contributed by atoms with Crippen LogP contribution >= 0.6 is 0 Å². The van der Waals surface area contributed by atoms with Gasteiger partial charge in [-0.1, -0.05) is 12.1 Å². The van der Waals surface area contributed by atoms with Crippen LogP contribution in [0.3, 0.4) is 0 Å². The predicted octanol–water partition coefficient (Wildman–Crippen LogP) is 3.39. The summed E-state index contributed by atoms with van der Waals surface area (Å²) in [5, 5.41) is 18.2. The molecule has 2 N–H and O–H groups in total. The quantitative estimate of drug-likeness (QED) is 0.489. The van der Waals surface area contributed by atoms with Gasteiger partial charge in [0.15, 0.2) is 0 Å². The average molecular weight is 352 g/mol. The minimum Gasteiger partial charge on any atom is -0.496 e. The molecule has 0 atom stereocenters. The van der Waals surface area contributed by atoms with Crippen molar-refractivity contribution in [3.63, 3.8) is 0 Å². The van der Waals surface area contributed by atoms with Crippen molar-refractivity contribution in [1.29, 1.82) is 5.26 Å². The third-order valence-corrected chi connectivity index (χ3v) is 4.22. The van der Waals surface area contributed by atoms with Crippen molar-refractivity contribution in [2.75, 3.05) is 14.2 Å². The van der Waals surface area contributed by atoms with Crippen LogP contribution in [0.15, 0.2) is 36.4 Å². The van der Waals surface area contributed by atoms with Crippen LogP contribution in [0.2, 0.25) is 0 Å². The number of nitriles is 1. The molecule has 2 rings (SSSR count). The van der Waals surface area contributed by atoms with Crippen LogP contribution in [-0.4, -0.2) is 25.3 Å². The molecule has 2 aromatic carbocycles. The highest BCUT2D eigenvalue weighted by Crippen LogP contribution is 2.32. The summed E-state index contributed by atoms with van der Waals surface area (Å²) in [6, 6.07) is 10.8. The Morgan fingerprint density at radius 2 is 1.81 bits per heavy atom. The van der Waals surface area contributed by atoms with Crippen LogP contribution in [0.1, 0.15) is 32.6 Å². The van der Waals surface area contributed by atoms with E-state index in [0.29, 0.717) is 22.6 Å². The number of methoxy groups -OCH3 is 2. The maximum absolute atomic E-state index is 11.9. The third kappa shape index (κ3) is 3.68. The van der Waals surface area contributed by atoms with Gasteiger partial charge in [-0.15, -0.1) is 0 Å². The number of hydrogen-bond donors (Lipinski definition) is 2. The highest BCUT2D eigenvalue weighted by molar-refractivity contribution is 5.98. The molecule has 0 fully saturated rings. The van der Waals surface area contributed by atoms with Crippen molar-refractivity contribution in [2.24, 2.45) is 0 Å². The zero-order valence-electron chi connectivity index (χ0n) is 15.1. The number of nitrogens with one attached hydrogen (secondary N) is 1. The lowest BCUT2D eigenvalue weighted by molar-refractivity contribution is 0.0703. The van der Waals surface area contributed by atoms with E-state index in [1.807, 2.05) is 32.0 Å². The van der Waals surface area contributed by atoms with Crippen molar-refractivity contribution in [3.05, 3.63) is 64.2 Å². The number of benzene rings is 2. The van der Waals surface area contributed by atoms with Crippen LogP contribution in [0.25, 0.3) is 5.57 Å². The first kappa shape index (κ1) is 19.0. The zero-order valence-corrected chi connectivity index (χ0v) is 15.1. The molecular weight excluding hydrogens is 332 g/mol. The predicted molar refractivity (Wildman–Crippen MR) is 97.4 cm³/mol. The van der Waals surface area contributed by atoms with Crippen molar-refractivity contribution < 1.29 is 19.5 Å². The lowest BCUT2D eigenvalue weighted by atomic mass is 9.93. The Labute approximate surface area is 152 Å². The molecular formula is C20H20N2O4. The van der Waals surface area contributed by atoms with Crippen molar-refractivity contribution in [3.8, 4) is 17.6 Å². The molecule has 0 unspecified atom stereocenters. The molecule has 0 aliphatic heterocycles. The maximum atomic E-state index is 11.9. The van der Waals surface area contributed by atoms with Gasteiger partial charge in [0.1, 0.15) is 11.5 Å². The summed E-state index contributed by atoms with van der Waals surface area (Å²) in [6.07, 6.45) is 1.41. The largest absolute Gasteiger partial charge is 0.496 e. The Hall–Kier alpha value is -3.30. The first-order valence-corrected chi connectivity index (χ1v) is 7.85. The number of hydrogen-bond acceptors (Lipinski definition) is 5. The topological polar surface area (TPSA) is 91.6 Å². The van der Waals surface area contributed by atoms with E-state index in [4.69, 9.17) is 14.7 Å². The van der Waals surface area contributed by atoms with Gasteiger partial charge in [0.25, 0.3) is 5.91 Å². The molecule has 26 heavy (non-hydrogen) atoms. The minimum atomic E-state index is -0.697. The number of carbonyl (C=O) groups is 1. The number of rotatable bonds is 5. The summed E-state index contributed by atoms with van der Waals surface area (Å²) < 4.78 is 10.6. The Balaban J connectivity index is 2.67. The van der Waals surface area contributed by atoms with Crippen LogP contribution in [0.5, 0.6) is 11.5 Å². The smallest absolute Gasteiger partial charge is 0.278 e. The molecule has 0 aliphatic rings. The monoisotopic (exact) mass is 352 g/mol. The van der Waals surface area contributed by atoms with Crippen LogP contribution in [0.4, 0.5) is 0 Å². The first-order valence-electron chi connectivity index (χ1n) is 7.85. The second-order valence-corrected chi connectivity index (χ2v) is 5.66. The van der Waals surface area contributed by atoms with Gasteiger partial charge in [-0.2, -0.15) is 5.26 Å². The van der Waals surface area contributed by atoms with Gasteiger partial charge in [0.05, 0.1) is 25.9 Å². The standard InChI is InChI=1S/C20H20N2O4/c1-12-9-15(11-19(26-4)13(12)2)16(7-8-21)14-5-6-18(25-3)17(10-14)20(23)22-24/h5-7,9-11,24H,1-4H3,(H,22,23). The van der Waals surface area contributed by atoms with Crippen molar-refractivity contribution in [2.45, 2.75) is 13.8 Å². The Bertz CT molecular complexity index is 911. The number of amides is 1. The zero-order chi connectivity index (χ0) is 19.3. The number of allylic oxidation sites excluding steroid dienone is 1. The second-order valence-electron chi connectivity index (χ2n) is 5.66. The summed E-state index contributed by atoms with van der Waals surface area (Å²) in [4.78, 5) is 11.9.